The standard InChI is InChI=1S/C15H29N3O2/c1-13-4-2-3-5-14(13)16-15(20)12-18-8-6-17(7-9-18)10-11-19/h13-14,19H,2-12H2,1H3,(H,16,20)/t13-,14-/m0/s1. The fourth-order valence-electron chi connectivity index (χ4n) is 3.30. The summed E-state index contributed by atoms with van der Waals surface area (Å²) in [7, 11) is 0. The number of rotatable bonds is 5. The monoisotopic (exact) mass is 283 g/mol. The summed E-state index contributed by atoms with van der Waals surface area (Å²) in [6.45, 7) is 7.50. The number of aliphatic hydroxyl groups is 1. The summed E-state index contributed by atoms with van der Waals surface area (Å²) in [6, 6.07) is 0.381. The second kappa shape index (κ2) is 7.96. The van der Waals surface area contributed by atoms with Crippen molar-refractivity contribution in [3.63, 3.8) is 0 Å². The lowest BCUT2D eigenvalue weighted by molar-refractivity contribution is -0.124. The van der Waals surface area contributed by atoms with Crippen LogP contribution in [0.3, 0.4) is 0 Å². The van der Waals surface area contributed by atoms with Gasteiger partial charge in [0.1, 0.15) is 0 Å². The third-order valence-corrected chi connectivity index (χ3v) is 4.71. The van der Waals surface area contributed by atoms with Gasteiger partial charge in [-0.15, -0.1) is 0 Å². The van der Waals surface area contributed by atoms with E-state index >= 15 is 0 Å². The molecule has 0 radical (unpaired) electrons. The summed E-state index contributed by atoms with van der Waals surface area (Å²) in [5, 5.41) is 12.1. The molecule has 1 saturated heterocycles. The highest BCUT2D eigenvalue weighted by atomic mass is 16.3. The Balaban J connectivity index is 1.67. The van der Waals surface area contributed by atoms with Crippen LogP contribution in [0.4, 0.5) is 0 Å². The molecule has 0 bridgehead atoms. The molecule has 0 unspecified atom stereocenters. The number of hydrogen-bond acceptors (Lipinski definition) is 4. The fourth-order valence-corrected chi connectivity index (χ4v) is 3.30. The normalized spacial score (nSPS) is 29.3. The third-order valence-electron chi connectivity index (χ3n) is 4.71. The van der Waals surface area contributed by atoms with Gasteiger partial charge in [0.2, 0.25) is 5.91 Å². The van der Waals surface area contributed by atoms with Gasteiger partial charge < -0.3 is 10.4 Å². The number of hydrogen-bond donors (Lipinski definition) is 2. The largest absolute Gasteiger partial charge is 0.395 e. The van der Waals surface area contributed by atoms with Crippen molar-refractivity contribution in [2.75, 3.05) is 45.9 Å². The van der Waals surface area contributed by atoms with Crippen LogP contribution in [0.2, 0.25) is 0 Å². The first-order valence-electron chi connectivity index (χ1n) is 8.04. The van der Waals surface area contributed by atoms with Crippen molar-refractivity contribution in [1.82, 2.24) is 15.1 Å². The zero-order valence-corrected chi connectivity index (χ0v) is 12.7. The molecule has 1 heterocycles. The van der Waals surface area contributed by atoms with Gasteiger partial charge in [0, 0.05) is 38.8 Å². The number of amides is 1. The zero-order valence-electron chi connectivity index (χ0n) is 12.7. The first-order chi connectivity index (χ1) is 9.69. The van der Waals surface area contributed by atoms with Gasteiger partial charge in [-0.1, -0.05) is 19.8 Å². The van der Waals surface area contributed by atoms with Gasteiger partial charge in [-0.2, -0.15) is 0 Å². The van der Waals surface area contributed by atoms with Crippen LogP contribution in [0.1, 0.15) is 32.6 Å². The quantitative estimate of drug-likeness (QED) is 0.761. The maximum atomic E-state index is 12.1. The van der Waals surface area contributed by atoms with Gasteiger partial charge in [0.15, 0.2) is 0 Å². The summed E-state index contributed by atoms with van der Waals surface area (Å²) in [4.78, 5) is 16.6. The Morgan fingerprint density at radius 1 is 1.15 bits per heavy atom. The molecule has 0 aromatic carbocycles. The Labute approximate surface area is 122 Å². The molecule has 1 amide bonds. The summed E-state index contributed by atoms with van der Waals surface area (Å²) in [5.74, 6) is 0.799. The van der Waals surface area contributed by atoms with Crippen molar-refractivity contribution < 1.29 is 9.90 Å². The van der Waals surface area contributed by atoms with E-state index in [1.165, 1.54) is 19.3 Å². The van der Waals surface area contributed by atoms with E-state index in [0.29, 0.717) is 18.5 Å². The molecule has 20 heavy (non-hydrogen) atoms. The number of β-amino-alcohol motifs (C(OH)–C–C–N with tert-alkyl or cyclic N) is 1. The third kappa shape index (κ3) is 4.72. The van der Waals surface area contributed by atoms with Crippen molar-refractivity contribution in [3.8, 4) is 0 Å². The Bertz CT molecular complexity index is 303. The molecule has 5 heteroatoms. The molecular formula is C15H29N3O2. The molecule has 0 aromatic rings. The van der Waals surface area contributed by atoms with Gasteiger partial charge in [0.05, 0.1) is 13.2 Å². The highest BCUT2D eigenvalue weighted by Crippen LogP contribution is 2.23. The molecule has 2 atom stereocenters. The van der Waals surface area contributed by atoms with Crippen LogP contribution in [0.5, 0.6) is 0 Å². The SMILES string of the molecule is C[C@H]1CCCC[C@@H]1NC(=O)CN1CCN(CCO)CC1. The molecule has 5 nitrogen and oxygen atoms in total. The van der Waals surface area contributed by atoms with E-state index in [9.17, 15) is 4.79 Å². The minimum Gasteiger partial charge on any atom is -0.395 e. The van der Waals surface area contributed by atoms with Crippen molar-refractivity contribution >= 4 is 5.91 Å². The van der Waals surface area contributed by atoms with Crippen LogP contribution in [-0.4, -0.2) is 72.7 Å². The van der Waals surface area contributed by atoms with E-state index in [2.05, 4.69) is 22.0 Å². The van der Waals surface area contributed by atoms with Gasteiger partial charge in [-0.25, -0.2) is 0 Å². The van der Waals surface area contributed by atoms with E-state index in [-0.39, 0.29) is 12.5 Å². The molecule has 1 saturated carbocycles. The molecule has 0 aromatic heterocycles. The predicted molar refractivity (Wildman–Crippen MR) is 79.5 cm³/mol. The van der Waals surface area contributed by atoms with E-state index in [4.69, 9.17) is 5.11 Å². The van der Waals surface area contributed by atoms with E-state index < -0.39 is 0 Å². The highest BCUT2D eigenvalue weighted by Gasteiger charge is 2.24. The second-order valence-electron chi connectivity index (χ2n) is 6.28. The smallest absolute Gasteiger partial charge is 0.234 e. The number of aliphatic hydroxyl groups excluding tert-OH is 1. The lowest BCUT2D eigenvalue weighted by atomic mass is 9.86. The number of nitrogens with one attached hydrogen (secondary N) is 1. The van der Waals surface area contributed by atoms with Crippen LogP contribution < -0.4 is 5.32 Å². The molecule has 2 N–H and O–H groups in total. The van der Waals surface area contributed by atoms with Gasteiger partial charge in [0.25, 0.3) is 0 Å². The van der Waals surface area contributed by atoms with Crippen LogP contribution in [0.15, 0.2) is 0 Å². The maximum absolute atomic E-state index is 12.1. The van der Waals surface area contributed by atoms with E-state index in [1.807, 2.05) is 0 Å². The van der Waals surface area contributed by atoms with Gasteiger partial charge in [-0.3, -0.25) is 14.6 Å². The van der Waals surface area contributed by atoms with Crippen LogP contribution in [0, 0.1) is 5.92 Å². The Kier molecular flexibility index (Phi) is 6.26. The Hall–Kier alpha value is -0.650. The van der Waals surface area contributed by atoms with Gasteiger partial charge in [-0.05, 0) is 18.8 Å². The summed E-state index contributed by atoms with van der Waals surface area (Å²) in [6.07, 6.45) is 4.93. The molecule has 1 aliphatic carbocycles. The molecule has 1 aliphatic heterocycles. The minimum atomic E-state index is 0.180. The number of carbonyl (C=O) groups excluding carboxylic acids is 1. The molecule has 2 fully saturated rings. The second-order valence-corrected chi connectivity index (χ2v) is 6.28. The molecule has 2 aliphatic rings. The van der Waals surface area contributed by atoms with Crippen LogP contribution in [-0.2, 0) is 4.79 Å². The minimum absolute atomic E-state index is 0.180. The predicted octanol–water partition coefficient (Wildman–Crippen LogP) is 0.291. The number of piperazine rings is 1. The molecule has 0 spiro atoms. The lowest BCUT2D eigenvalue weighted by Gasteiger charge is -2.35. The van der Waals surface area contributed by atoms with Crippen LogP contribution >= 0.6 is 0 Å². The Morgan fingerprint density at radius 3 is 2.45 bits per heavy atom. The molecule has 2 rings (SSSR count). The van der Waals surface area contributed by atoms with E-state index in [1.54, 1.807) is 0 Å². The fraction of sp³-hybridized carbons (Fsp3) is 0.933. The average molecular weight is 283 g/mol. The molecule has 116 valence electrons. The first kappa shape index (κ1) is 15.7. The number of nitrogens with zero attached hydrogens (tertiary/aromatic N) is 2. The summed E-state index contributed by atoms with van der Waals surface area (Å²) in [5.41, 5.74) is 0. The Morgan fingerprint density at radius 2 is 1.80 bits per heavy atom. The highest BCUT2D eigenvalue weighted by molar-refractivity contribution is 5.78. The van der Waals surface area contributed by atoms with Gasteiger partial charge >= 0.3 is 0 Å². The topological polar surface area (TPSA) is 55.8 Å². The lowest BCUT2D eigenvalue weighted by Crippen LogP contribution is -2.51. The van der Waals surface area contributed by atoms with Crippen molar-refractivity contribution in [2.45, 2.75) is 38.6 Å². The molecular weight excluding hydrogens is 254 g/mol. The zero-order chi connectivity index (χ0) is 14.4. The number of carbonyl (C=O) groups is 1. The van der Waals surface area contributed by atoms with Crippen molar-refractivity contribution in [1.29, 1.82) is 0 Å². The summed E-state index contributed by atoms with van der Waals surface area (Å²) >= 11 is 0. The van der Waals surface area contributed by atoms with Crippen molar-refractivity contribution in [3.05, 3.63) is 0 Å². The summed E-state index contributed by atoms with van der Waals surface area (Å²) < 4.78 is 0. The maximum Gasteiger partial charge on any atom is 0.234 e. The van der Waals surface area contributed by atoms with E-state index in [0.717, 1.165) is 39.1 Å². The van der Waals surface area contributed by atoms with Crippen molar-refractivity contribution in [2.24, 2.45) is 5.92 Å². The van der Waals surface area contributed by atoms with Crippen LogP contribution in [0.25, 0.3) is 0 Å². The first-order valence-corrected chi connectivity index (χ1v) is 8.04. The average Bonchev–Trinajstić information content (AvgIpc) is 2.44.